The summed E-state index contributed by atoms with van der Waals surface area (Å²) in [5, 5.41) is -0.801. The second-order valence-electron chi connectivity index (χ2n) is 4.61. The van der Waals surface area contributed by atoms with Crippen molar-refractivity contribution < 1.29 is 13.2 Å². The van der Waals surface area contributed by atoms with Crippen molar-refractivity contribution in [3.05, 3.63) is 52.0 Å². The number of aromatic nitrogens is 1. The van der Waals surface area contributed by atoms with Crippen LogP contribution >= 0.6 is 11.3 Å². The van der Waals surface area contributed by atoms with Crippen LogP contribution in [0.4, 0.5) is 13.2 Å². The maximum absolute atomic E-state index is 12.5. The Morgan fingerprint density at radius 2 is 1.86 bits per heavy atom. The van der Waals surface area contributed by atoms with Gasteiger partial charge in [0.15, 0.2) is 5.01 Å². The lowest BCUT2D eigenvalue weighted by Crippen LogP contribution is -2.28. The van der Waals surface area contributed by atoms with Crippen molar-refractivity contribution in [2.24, 2.45) is 5.73 Å². The SMILES string of the molecule is NCCN(Cc1ccccc1)Cc1cnc(C(F)(F)F)s1. The molecule has 0 bridgehead atoms. The molecule has 7 heteroatoms. The highest BCUT2D eigenvalue weighted by atomic mass is 32.1. The molecule has 0 radical (unpaired) electrons. The fourth-order valence-electron chi connectivity index (χ4n) is 1.97. The molecule has 0 atom stereocenters. The molecule has 0 aliphatic carbocycles. The molecule has 0 amide bonds. The second kappa shape index (κ2) is 7.02. The zero-order valence-corrected chi connectivity index (χ0v) is 12.1. The summed E-state index contributed by atoms with van der Waals surface area (Å²) < 4.78 is 37.6. The third-order valence-electron chi connectivity index (χ3n) is 2.87. The van der Waals surface area contributed by atoms with Gasteiger partial charge in [0.1, 0.15) is 0 Å². The fourth-order valence-corrected chi connectivity index (χ4v) is 2.79. The number of benzene rings is 1. The van der Waals surface area contributed by atoms with Gasteiger partial charge in [0, 0.05) is 37.3 Å². The fraction of sp³-hybridized carbons (Fsp3) is 0.357. The molecule has 0 fully saturated rings. The molecule has 21 heavy (non-hydrogen) atoms. The molecule has 3 nitrogen and oxygen atoms in total. The first-order valence-electron chi connectivity index (χ1n) is 6.47. The summed E-state index contributed by atoms with van der Waals surface area (Å²) in [6, 6.07) is 9.76. The molecule has 0 aliphatic rings. The Labute approximate surface area is 125 Å². The summed E-state index contributed by atoms with van der Waals surface area (Å²) in [5.74, 6) is 0. The van der Waals surface area contributed by atoms with E-state index in [1.54, 1.807) is 0 Å². The van der Waals surface area contributed by atoms with Crippen LogP contribution in [0.3, 0.4) is 0 Å². The maximum atomic E-state index is 12.5. The molecule has 2 rings (SSSR count). The summed E-state index contributed by atoms with van der Waals surface area (Å²) in [4.78, 5) is 6.05. The van der Waals surface area contributed by atoms with E-state index in [1.165, 1.54) is 6.20 Å². The quantitative estimate of drug-likeness (QED) is 0.890. The van der Waals surface area contributed by atoms with E-state index in [4.69, 9.17) is 5.73 Å². The number of nitrogens with zero attached hydrogens (tertiary/aromatic N) is 2. The second-order valence-corrected chi connectivity index (χ2v) is 5.73. The van der Waals surface area contributed by atoms with E-state index < -0.39 is 11.2 Å². The van der Waals surface area contributed by atoms with Gasteiger partial charge in [-0.2, -0.15) is 13.2 Å². The van der Waals surface area contributed by atoms with E-state index in [-0.39, 0.29) is 0 Å². The maximum Gasteiger partial charge on any atom is 0.443 e. The Morgan fingerprint density at radius 3 is 2.43 bits per heavy atom. The predicted molar refractivity (Wildman–Crippen MR) is 76.7 cm³/mol. The van der Waals surface area contributed by atoms with E-state index >= 15 is 0 Å². The number of alkyl halides is 3. The predicted octanol–water partition coefficient (Wildman–Crippen LogP) is 3.12. The Bertz CT molecular complexity index is 554. The number of thiazole rings is 1. The van der Waals surface area contributed by atoms with Crippen LogP contribution < -0.4 is 5.73 Å². The Hall–Kier alpha value is -1.44. The Kier molecular flexibility index (Phi) is 5.33. The van der Waals surface area contributed by atoms with Crippen molar-refractivity contribution in [2.75, 3.05) is 13.1 Å². The van der Waals surface area contributed by atoms with Crippen LogP contribution in [0.2, 0.25) is 0 Å². The van der Waals surface area contributed by atoms with E-state index in [9.17, 15) is 13.2 Å². The number of hydrogen-bond donors (Lipinski definition) is 1. The summed E-state index contributed by atoms with van der Waals surface area (Å²) in [6.45, 7) is 2.14. The molecule has 0 aliphatic heterocycles. The third-order valence-corrected chi connectivity index (χ3v) is 3.90. The molecule has 2 N–H and O–H groups in total. The van der Waals surface area contributed by atoms with Crippen LogP contribution in [-0.4, -0.2) is 23.0 Å². The van der Waals surface area contributed by atoms with Gasteiger partial charge in [-0.25, -0.2) is 4.98 Å². The highest BCUT2D eigenvalue weighted by molar-refractivity contribution is 7.11. The highest BCUT2D eigenvalue weighted by Gasteiger charge is 2.34. The zero-order chi connectivity index (χ0) is 15.3. The normalized spacial score (nSPS) is 12.0. The molecule has 0 saturated carbocycles. The van der Waals surface area contributed by atoms with Crippen LogP contribution in [-0.2, 0) is 19.3 Å². The van der Waals surface area contributed by atoms with Crippen molar-refractivity contribution >= 4 is 11.3 Å². The largest absolute Gasteiger partial charge is 0.443 e. The van der Waals surface area contributed by atoms with Gasteiger partial charge in [0.05, 0.1) is 0 Å². The van der Waals surface area contributed by atoms with Crippen molar-refractivity contribution in [1.82, 2.24) is 9.88 Å². The molecule has 2 aromatic rings. The Balaban J connectivity index is 2.04. The molecule has 1 aromatic carbocycles. The minimum atomic E-state index is -4.37. The minimum Gasteiger partial charge on any atom is -0.329 e. The molecular weight excluding hydrogens is 299 g/mol. The topological polar surface area (TPSA) is 42.1 Å². The van der Waals surface area contributed by atoms with Gasteiger partial charge >= 0.3 is 6.18 Å². The van der Waals surface area contributed by atoms with E-state index in [2.05, 4.69) is 4.98 Å². The summed E-state index contributed by atoms with van der Waals surface area (Å²) >= 11 is 0.686. The number of hydrogen-bond acceptors (Lipinski definition) is 4. The first-order valence-corrected chi connectivity index (χ1v) is 7.29. The third kappa shape index (κ3) is 4.80. The van der Waals surface area contributed by atoms with Crippen molar-refractivity contribution in [3.8, 4) is 0 Å². The molecule has 1 heterocycles. The minimum absolute atomic E-state index is 0.417. The molecule has 0 unspecified atom stereocenters. The highest BCUT2D eigenvalue weighted by Crippen LogP contribution is 2.32. The molecule has 0 spiro atoms. The average Bonchev–Trinajstić information content (AvgIpc) is 2.89. The van der Waals surface area contributed by atoms with Crippen LogP contribution in [0.25, 0.3) is 0 Å². The van der Waals surface area contributed by atoms with Crippen LogP contribution in [0.1, 0.15) is 15.4 Å². The first-order chi connectivity index (χ1) is 9.99. The number of rotatable bonds is 6. The zero-order valence-electron chi connectivity index (χ0n) is 11.3. The smallest absolute Gasteiger partial charge is 0.329 e. The number of halogens is 3. The van der Waals surface area contributed by atoms with E-state index in [0.29, 0.717) is 42.4 Å². The molecule has 1 aromatic heterocycles. The van der Waals surface area contributed by atoms with Crippen molar-refractivity contribution in [2.45, 2.75) is 19.3 Å². The average molecular weight is 315 g/mol. The molecular formula is C14H16F3N3S. The van der Waals surface area contributed by atoms with Crippen LogP contribution in [0, 0.1) is 0 Å². The first kappa shape index (κ1) is 15.9. The van der Waals surface area contributed by atoms with E-state index in [0.717, 1.165) is 5.56 Å². The summed E-state index contributed by atoms with van der Waals surface area (Å²) in [5.41, 5.74) is 6.68. The standard InChI is InChI=1S/C14H16F3N3S/c15-14(16,17)13-19-8-12(21-13)10-20(7-6-18)9-11-4-2-1-3-5-11/h1-5,8H,6-7,9-10,18H2. The van der Waals surface area contributed by atoms with Gasteiger partial charge in [-0.05, 0) is 5.56 Å². The monoisotopic (exact) mass is 315 g/mol. The Morgan fingerprint density at radius 1 is 1.14 bits per heavy atom. The molecule has 114 valence electrons. The lowest BCUT2D eigenvalue weighted by atomic mass is 10.2. The van der Waals surface area contributed by atoms with Gasteiger partial charge < -0.3 is 5.73 Å². The summed E-state index contributed by atoms with van der Waals surface area (Å²) in [6.07, 6.45) is -3.08. The summed E-state index contributed by atoms with van der Waals surface area (Å²) in [7, 11) is 0. The van der Waals surface area contributed by atoms with Crippen LogP contribution in [0.5, 0.6) is 0 Å². The van der Waals surface area contributed by atoms with Gasteiger partial charge in [0.25, 0.3) is 0 Å². The number of nitrogens with two attached hydrogens (primary N) is 1. The van der Waals surface area contributed by atoms with Crippen molar-refractivity contribution in [1.29, 1.82) is 0 Å². The van der Waals surface area contributed by atoms with Gasteiger partial charge in [-0.1, -0.05) is 30.3 Å². The van der Waals surface area contributed by atoms with Gasteiger partial charge in [-0.3, -0.25) is 4.90 Å². The van der Waals surface area contributed by atoms with E-state index in [1.807, 2.05) is 35.2 Å². The lowest BCUT2D eigenvalue weighted by Gasteiger charge is -2.20. The lowest BCUT2D eigenvalue weighted by molar-refractivity contribution is -0.137. The van der Waals surface area contributed by atoms with Crippen LogP contribution in [0.15, 0.2) is 36.5 Å². The van der Waals surface area contributed by atoms with Gasteiger partial charge in [-0.15, -0.1) is 11.3 Å². The van der Waals surface area contributed by atoms with Gasteiger partial charge in [0.2, 0.25) is 0 Å². The van der Waals surface area contributed by atoms with Crippen molar-refractivity contribution in [3.63, 3.8) is 0 Å². The molecule has 0 saturated heterocycles.